The molecule has 0 aliphatic carbocycles. The first-order valence-electron chi connectivity index (χ1n) is 7.16. The van der Waals surface area contributed by atoms with Gasteiger partial charge in [0.1, 0.15) is 5.75 Å². The normalized spacial score (nSPS) is 11.9. The molecule has 0 aliphatic rings. The zero-order chi connectivity index (χ0) is 18.0. The SMILES string of the molecule is Cc1cc(C(F)(F)F)n2nc(SCCOc3ccc(Cl)cc3)nc2n1. The van der Waals surface area contributed by atoms with Crippen molar-refractivity contribution < 1.29 is 17.9 Å². The van der Waals surface area contributed by atoms with Crippen LogP contribution in [0.25, 0.3) is 5.78 Å². The van der Waals surface area contributed by atoms with Gasteiger partial charge in [-0.3, -0.25) is 0 Å². The van der Waals surface area contributed by atoms with Crippen LogP contribution in [0.3, 0.4) is 0 Å². The number of hydrogen-bond acceptors (Lipinski definition) is 5. The van der Waals surface area contributed by atoms with E-state index in [4.69, 9.17) is 16.3 Å². The van der Waals surface area contributed by atoms with E-state index in [1.807, 2.05) is 0 Å². The summed E-state index contributed by atoms with van der Waals surface area (Å²) in [6.07, 6.45) is -4.53. The van der Waals surface area contributed by atoms with Crippen molar-refractivity contribution in [1.29, 1.82) is 0 Å². The van der Waals surface area contributed by atoms with Crippen molar-refractivity contribution in [2.45, 2.75) is 18.3 Å². The maximum absolute atomic E-state index is 13.1. The molecule has 0 amide bonds. The lowest BCUT2D eigenvalue weighted by Gasteiger charge is -2.08. The minimum atomic E-state index is -4.53. The van der Waals surface area contributed by atoms with Crippen molar-refractivity contribution in [1.82, 2.24) is 19.6 Å². The molecule has 2 aromatic heterocycles. The van der Waals surface area contributed by atoms with Gasteiger partial charge in [-0.05, 0) is 37.3 Å². The second-order valence-corrected chi connectivity index (χ2v) is 6.54. The number of thioether (sulfide) groups is 1. The predicted octanol–water partition coefficient (Wildman–Crippen LogP) is 4.28. The van der Waals surface area contributed by atoms with Gasteiger partial charge in [0.15, 0.2) is 5.69 Å². The highest BCUT2D eigenvalue weighted by Gasteiger charge is 2.35. The van der Waals surface area contributed by atoms with E-state index in [-0.39, 0.29) is 16.6 Å². The second-order valence-electron chi connectivity index (χ2n) is 5.04. The number of hydrogen-bond donors (Lipinski definition) is 0. The molecule has 0 radical (unpaired) electrons. The summed E-state index contributed by atoms with van der Waals surface area (Å²) in [4.78, 5) is 8.02. The van der Waals surface area contributed by atoms with E-state index in [1.165, 1.54) is 18.7 Å². The first-order chi connectivity index (χ1) is 11.8. The first-order valence-corrected chi connectivity index (χ1v) is 8.52. The number of rotatable bonds is 5. The number of fused-ring (bicyclic) bond motifs is 1. The molecule has 0 saturated carbocycles. The molecule has 0 N–H and O–H groups in total. The molecule has 0 spiro atoms. The van der Waals surface area contributed by atoms with Gasteiger partial charge in [-0.2, -0.15) is 22.7 Å². The number of aromatic nitrogens is 4. The van der Waals surface area contributed by atoms with Crippen molar-refractivity contribution in [2.24, 2.45) is 0 Å². The molecule has 0 fully saturated rings. The highest BCUT2D eigenvalue weighted by atomic mass is 35.5. The maximum atomic E-state index is 13.1. The Morgan fingerprint density at radius 3 is 2.60 bits per heavy atom. The summed E-state index contributed by atoms with van der Waals surface area (Å²) in [6, 6.07) is 7.83. The topological polar surface area (TPSA) is 52.3 Å². The van der Waals surface area contributed by atoms with Crippen molar-refractivity contribution in [3.8, 4) is 5.75 Å². The standard InChI is InChI=1S/C15H12ClF3N4OS/c1-9-8-12(15(17,18)19)23-13(20-9)21-14(22-23)25-7-6-24-11-4-2-10(16)3-5-11/h2-5,8H,6-7H2,1H3. The molecule has 3 aromatic rings. The van der Waals surface area contributed by atoms with Crippen molar-refractivity contribution in [2.75, 3.05) is 12.4 Å². The summed E-state index contributed by atoms with van der Waals surface area (Å²) >= 11 is 6.98. The maximum Gasteiger partial charge on any atom is 0.433 e. The summed E-state index contributed by atoms with van der Waals surface area (Å²) in [5, 5.41) is 4.71. The van der Waals surface area contributed by atoms with Gasteiger partial charge in [0, 0.05) is 16.5 Å². The fourth-order valence-electron chi connectivity index (χ4n) is 2.05. The molecule has 0 saturated heterocycles. The summed E-state index contributed by atoms with van der Waals surface area (Å²) in [6.45, 7) is 1.83. The minimum Gasteiger partial charge on any atom is -0.493 e. The average Bonchev–Trinajstić information content (AvgIpc) is 2.94. The zero-order valence-corrected chi connectivity index (χ0v) is 14.5. The van der Waals surface area contributed by atoms with Crippen LogP contribution in [0.15, 0.2) is 35.5 Å². The smallest absolute Gasteiger partial charge is 0.433 e. The van der Waals surface area contributed by atoms with Gasteiger partial charge in [-0.1, -0.05) is 23.4 Å². The molecular weight excluding hydrogens is 377 g/mol. The molecule has 0 atom stereocenters. The Morgan fingerprint density at radius 1 is 1.20 bits per heavy atom. The van der Waals surface area contributed by atoms with Crippen molar-refractivity contribution in [3.05, 3.63) is 46.7 Å². The van der Waals surface area contributed by atoms with Crippen molar-refractivity contribution >= 4 is 29.1 Å². The third-order valence-corrected chi connectivity index (χ3v) is 4.16. The highest BCUT2D eigenvalue weighted by molar-refractivity contribution is 7.99. The number of alkyl halides is 3. The molecule has 0 bridgehead atoms. The fraction of sp³-hybridized carbons (Fsp3) is 0.267. The van der Waals surface area contributed by atoms with Crippen LogP contribution in [0, 0.1) is 6.92 Å². The Hall–Kier alpha value is -2.00. The molecular formula is C15H12ClF3N4OS. The van der Waals surface area contributed by atoms with Crippen LogP contribution in [-0.2, 0) is 6.18 Å². The van der Waals surface area contributed by atoms with E-state index < -0.39 is 11.9 Å². The highest BCUT2D eigenvalue weighted by Crippen LogP contribution is 2.30. The lowest BCUT2D eigenvalue weighted by molar-refractivity contribution is -0.142. The van der Waals surface area contributed by atoms with Gasteiger partial charge in [0.2, 0.25) is 5.16 Å². The second kappa shape index (κ2) is 7.09. The van der Waals surface area contributed by atoms with E-state index in [0.29, 0.717) is 23.1 Å². The molecule has 25 heavy (non-hydrogen) atoms. The van der Waals surface area contributed by atoms with Crippen molar-refractivity contribution in [3.63, 3.8) is 0 Å². The van der Waals surface area contributed by atoms with Gasteiger partial charge >= 0.3 is 6.18 Å². The average molecular weight is 389 g/mol. The van der Waals surface area contributed by atoms with Gasteiger partial charge in [-0.15, -0.1) is 5.10 Å². The number of halogens is 4. The number of aryl methyl sites for hydroxylation is 1. The Bertz CT molecular complexity index is 883. The molecule has 0 aliphatic heterocycles. The fourth-order valence-corrected chi connectivity index (χ4v) is 2.82. The Morgan fingerprint density at radius 2 is 1.92 bits per heavy atom. The van der Waals surface area contributed by atoms with E-state index in [0.717, 1.165) is 10.6 Å². The molecule has 2 heterocycles. The van der Waals surface area contributed by atoms with Gasteiger partial charge in [0.05, 0.1) is 6.61 Å². The zero-order valence-electron chi connectivity index (χ0n) is 12.9. The van der Waals surface area contributed by atoms with Crippen LogP contribution in [0.1, 0.15) is 11.4 Å². The third kappa shape index (κ3) is 4.35. The van der Waals surface area contributed by atoms with Gasteiger partial charge in [-0.25, -0.2) is 4.98 Å². The van der Waals surface area contributed by atoms with E-state index >= 15 is 0 Å². The van der Waals surface area contributed by atoms with Gasteiger partial charge in [0.25, 0.3) is 5.78 Å². The monoisotopic (exact) mass is 388 g/mol. The van der Waals surface area contributed by atoms with Crippen LogP contribution in [-0.4, -0.2) is 31.9 Å². The lowest BCUT2D eigenvalue weighted by atomic mass is 10.3. The first kappa shape index (κ1) is 17.8. The molecule has 5 nitrogen and oxygen atoms in total. The van der Waals surface area contributed by atoms with E-state index in [9.17, 15) is 13.2 Å². The van der Waals surface area contributed by atoms with E-state index in [2.05, 4.69) is 15.1 Å². The molecule has 0 unspecified atom stereocenters. The summed E-state index contributed by atoms with van der Waals surface area (Å²) < 4.78 is 45.5. The minimum absolute atomic E-state index is 0.0755. The Kier molecular flexibility index (Phi) is 5.05. The van der Waals surface area contributed by atoms with Gasteiger partial charge < -0.3 is 4.74 Å². The Balaban J connectivity index is 1.67. The number of ether oxygens (including phenoxy) is 1. The van der Waals surface area contributed by atoms with Crippen LogP contribution in [0.4, 0.5) is 13.2 Å². The van der Waals surface area contributed by atoms with Crippen LogP contribution >= 0.6 is 23.4 Å². The summed E-state index contributed by atoms with van der Waals surface area (Å²) in [5.74, 6) is 1.05. The van der Waals surface area contributed by atoms with Crippen LogP contribution in [0.5, 0.6) is 5.75 Å². The molecule has 3 rings (SSSR count). The molecule has 132 valence electrons. The molecule has 10 heteroatoms. The predicted molar refractivity (Wildman–Crippen MR) is 88.2 cm³/mol. The number of nitrogens with zero attached hydrogens (tertiary/aromatic N) is 4. The van der Waals surface area contributed by atoms with Crippen LogP contribution in [0.2, 0.25) is 5.02 Å². The number of benzene rings is 1. The lowest BCUT2D eigenvalue weighted by Crippen LogP contribution is -2.13. The van der Waals surface area contributed by atoms with Crippen LogP contribution < -0.4 is 4.74 Å². The largest absolute Gasteiger partial charge is 0.493 e. The third-order valence-electron chi connectivity index (χ3n) is 3.11. The quantitative estimate of drug-likeness (QED) is 0.482. The summed E-state index contributed by atoms with van der Waals surface area (Å²) in [5.41, 5.74) is -0.665. The molecule has 1 aromatic carbocycles. The Labute approximate surface area is 150 Å². The van der Waals surface area contributed by atoms with E-state index in [1.54, 1.807) is 24.3 Å². The summed E-state index contributed by atoms with van der Waals surface area (Å²) in [7, 11) is 0.